The molecule has 4 nitrogen and oxygen atoms in total. The fourth-order valence-electron chi connectivity index (χ4n) is 1.63. The van der Waals surface area contributed by atoms with Gasteiger partial charge in [0.1, 0.15) is 5.82 Å². The summed E-state index contributed by atoms with van der Waals surface area (Å²) in [5.74, 6) is 2.26. The van der Waals surface area contributed by atoms with Gasteiger partial charge in [0.2, 0.25) is 5.95 Å². The van der Waals surface area contributed by atoms with Gasteiger partial charge in [0.15, 0.2) is 0 Å². The van der Waals surface area contributed by atoms with Crippen LogP contribution in [-0.4, -0.2) is 29.6 Å². The Morgan fingerprint density at radius 3 is 2.65 bits per heavy atom. The molecule has 1 aromatic rings. The number of hydrogen-bond donors (Lipinski definition) is 1. The third kappa shape index (κ3) is 4.15. The molecule has 0 saturated heterocycles. The Labute approximate surface area is 112 Å². The summed E-state index contributed by atoms with van der Waals surface area (Å²) in [6.07, 6.45) is 1.81. The van der Waals surface area contributed by atoms with Crippen molar-refractivity contribution in [2.45, 2.75) is 27.7 Å². The molecule has 0 aliphatic heterocycles. The molecule has 5 heteroatoms. The van der Waals surface area contributed by atoms with E-state index in [4.69, 9.17) is 0 Å². The highest BCUT2D eigenvalue weighted by Gasteiger charge is 2.13. The Kier molecular flexibility index (Phi) is 5.68. The lowest BCUT2D eigenvalue weighted by atomic mass is 10.2. The molecule has 0 spiro atoms. The Hall–Kier alpha value is -0.840. The van der Waals surface area contributed by atoms with Crippen molar-refractivity contribution in [3.8, 4) is 0 Å². The van der Waals surface area contributed by atoms with Gasteiger partial charge >= 0.3 is 0 Å². The first-order chi connectivity index (χ1) is 8.08. The third-order valence-electron chi connectivity index (χ3n) is 2.33. The average Bonchev–Trinajstić information content (AvgIpc) is 2.29. The molecule has 0 aliphatic rings. The molecular weight excluding hydrogens is 280 g/mol. The minimum absolute atomic E-state index is 0.611. The number of aromatic nitrogens is 2. The molecule has 0 unspecified atom stereocenters. The normalized spacial score (nSPS) is 10.7. The summed E-state index contributed by atoms with van der Waals surface area (Å²) in [4.78, 5) is 11.0. The topological polar surface area (TPSA) is 41.1 Å². The number of nitrogens with one attached hydrogen (secondary N) is 1. The standard InChI is InChI=1S/C12H21BrN4/c1-5-14-12-15-7-10(13)11(16-12)17(6-2)8-9(3)4/h7,9H,5-6,8H2,1-4H3,(H,14,15,16). The minimum Gasteiger partial charge on any atom is -0.356 e. The van der Waals surface area contributed by atoms with Crippen LogP contribution >= 0.6 is 15.9 Å². The molecule has 0 radical (unpaired) electrons. The van der Waals surface area contributed by atoms with Gasteiger partial charge in [-0.15, -0.1) is 0 Å². The lowest BCUT2D eigenvalue weighted by molar-refractivity contribution is 0.613. The van der Waals surface area contributed by atoms with Gasteiger partial charge in [0.25, 0.3) is 0 Å². The van der Waals surface area contributed by atoms with Crippen LogP contribution in [0.25, 0.3) is 0 Å². The summed E-state index contributed by atoms with van der Waals surface area (Å²) >= 11 is 3.52. The van der Waals surface area contributed by atoms with E-state index in [0.717, 1.165) is 29.9 Å². The van der Waals surface area contributed by atoms with E-state index in [0.29, 0.717) is 11.9 Å². The van der Waals surface area contributed by atoms with Crippen LogP contribution in [0.2, 0.25) is 0 Å². The maximum Gasteiger partial charge on any atom is 0.224 e. The van der Waals surface area contributed by atoms with Gasteiger partial charge in [-0.25, -0.2) is 4.98 Å². The number of rotatable bonds is 6. The molecule has 96 valence electrons. The van der Waals surface area contributed by atoms with Crippen LogP contribution in [0.1, 0.15) is 27.7 Å². The largest absolute Gasteiger partial charge is 0.356 e. The molecule has 1 rings (SSSR count). The maximum atomic E-state index is 4.54. The summed E-state index contributed by atoms with van der Waals surface area (Å²) in [5.41, 5.74) is 0. The summed E-state index contributed by atoms with van der Waals surface area (Å²) in [7, 11) is 0. The second-order valence-corrected chi connectivity index (χ2v) is 5.18. The highest BCUT2D eigenvalue weighted by Crippen LogP contribution is 2.24. The van der Waals surface area contributed by atoms with Gasteiger partial charge in [-0.1, -0.05) is 13.8 Å². The maximum absolute atomic E-state index is 4.54. The summed E-state index contributed by atoms with van der Waals surface area (Å²) in [6.45, 7) is 11.4. The van der Waals surface area contributed by atoms with E-state index in [1.807, 2.05) is 13.1 Å². The second-order valence-electron chi connectivity index (χ2n) is 4.33. The zero-order chi connectivity index (χ0) is 12.8. The first-order valence-electron chi connectivity index (χ1n) is 6.09. The number of nitrogens with zero attached hydrogens (tertiary/aromatic N) is 3. The zero-order valence-electron chi connectivity index (χ0n) is 11.0. The quantitative estimate of drug-likeness (QED) is 0.876. The molecule has 0 atom stereocenters. The van der Waals surface area contributed by atoms with Gasteiger partial charge in [-0.2, -0.15) is 4.98 Å². The van der Waals surface area contributed by atoms with E-state index in [-0.39, 0.29) is 0 Å². The smallest absolute Gasteiger partial charge is 0.224 e. The fraction of sp³-hybridized carbons (Fsp3) is 0.667. The first kappa shape index (κ1) is 14.2. The monoisotopic (exact) mass is 300 g/mol. The van der Waals surface area contributed by atoms with E-state index in [1.54, 1.807) is 0 Å². The Bertz CT molecular complexity index is 354. The SMILES string of the molecule is CCNc1ncc(Br)c(N(CC)CC(C)C)n1. The van der Waals surface area contributed by atoms with Crippen molar-refractivity contribution in [2.24, 2.45) is 5.92 Å². The Morgan fingerprint density at radius 2 is 2.12 bits per heavy atom. The number of halogens is 1. The van der Waals surface area contributed by atoms with Crippen molar-refractivity contribution in [3.05, 3.63) is 10.7 Å². The predicted octanol–water partition coefficient (Wildman–Crippen LogP) is 3.15. The molecule has 0 aromatic carbocycles. The van der Waals surface area contributed by atoms with Gasteiger partial charge in [-0.05, 0) is 35.7 Å². The van der Waals surface area contributed by atoms with Crippen molar-refractivity contribution in [2.75, 3.05) is 29.9 Å². The first-order valence-corrected chi connectivity index (χ1v) is 6.89. The van der Waals surface area contributed by atoms with Crippen molar-refractivity contribution in [3.63, 3.8) is 0 Å². The molecule has 1 heterocycles. The van der Waals surface area contributed by atoms with E-state index >= 15 is 0 Å². The Morgan fingerprint density at radius 1 is 1.41 bits per heavy atom. The Balaban J connectivity index is 2.95. The van der Waals surface area contributed by atoms with Crippen LogP contribution in [0.4, 0.5) is 11.8 Å². The lowest BCUT2D eigenvalue weighted by Crippen LogP contribution is -2.28. The molecule has 0 saturated carbocycles. The lowest BCUT2D eigenvalue weighted by Gasteiger charge is -2.25. The molecule has 0 fully saturated rings. The molecular formula is C12H21BrN4. The number of anilines is 2. The van der Waals surface area contributed by atoms with Crippen molar-refractivity contribution in [1.29, 1.82) is 0 Å². The van der Waals surface area contributed by atoms with Crippen molar-refractivity contribution >= 4 is 27.7 Å². The van der Waals surface area contributed by atoms with Crippen LogP contribution in [0, 0.1) is 5.92 Å². The van der Waals surface area contributed by atoms with Gasteiger partial charge in [-0.3, -0.25) is 0 Å². The van der Waals surface area contributed by atoms with Crippen LogP contribution in [0.3, 0.4) is 0 Å². The van der Waals surface area contributed by atoms with Gasteiger partial charge < -0.3 is 10.2 Å². The predicted molar refractivity (Wildman–Crippen MR) is 76.6 cm³/mol. The fourth-order valence-corrected chi connectivity index (χ4v) is 2.07. The molecule has 0 amide bonds. The highest BCUT2D eigenvalue weighted by molar-refractivity contribution is 9.10. The van der Waals surface area contributed by atoms with Crippen LogP contribution in [0.5, 0.6) is 0 Å². The molecule has 1 aromatic heterocycles. The molecule has 0 bridgehead atoms. The number of hydrogen-bond acceptors (Lipinski definition) is 4. The summed E-state index contributed by atoms with van der Waals surface area (Å²) in [6, 6.07) is 0. The highest BCUT2D eigenvalue weighted by atomic mass is 79.9. The van der Waals surface area contributed by atoms with E-state index < -0.39 is 0 Å². The average molecular weight is 301 g/mol. The minimum atomic E-state index is 0.611. The van der Waals surface area contributed by atoms with Gasteiger partial charge in [0.05, 0.1) is 4.47 Å². The van der Waals surface area contributed by atoms with E-state index in [1.165, 1.54) is 0 Å². The molecule has 0 aliphatic carbocycles. The van der Waals surface area contributed by atoms with Crippen LogP contribution < -0.4 is 10.2 Å². The van der Waals surface area contributed by atoms with E-state index in [2.05, 4.69) is 56.9 Å². The summed E-state index contributed by atoms with van der Waals surface area (Å²) < 4.78 is 0.946. The van der Waals surface area contributed by atoms with Gasteiger partial charge in [0, 0.05) is 25.8 Å². The third-order valence-corrected chi connectivity index (χ3v) is 2.89. The summed E-state index contributed by atoms with van der Waals surface area (Å²) in [5, 5.41) is 3.14. The zero-order valence-corrected chi connectivity index (χ0v) is 12.6. The van der Waals surface area contributed by atoms with E-state index in [9.17, 15) is 0 Å². The van der Waals surface area contributed by atoms with Crippen LogP contribution in [0.15, 0.2) is 10.7 Å². The second kappa shape index (κ2) is 6.79. The van der Waals surface area contributed by atoms with Crippen molar-refractivity contribution < 1.29 is 0 Å². The molecule has 1 N–H and O–H groups in total. The van der Waals surface area contributed by atoms with Crippen LogP contribution in [-0.2, 0) is 0 Å². The molecule has 17 heavy (non-hydrogen) atoms. The van der Waals surface area contributed by atoms with Crippen molar-refractivity contribution in [1.82, 2.24) is 9.97 Å².